The number of aryl methyl sites for hydroxylation is 3. The lowest BCUT2D eigenvalue weighted by Gasteiger charge is -2.11. The van der Waals surface area contributed by atoms with Gasteiger partial charge in [-0.15, -0.1) is 0 Å². The van der Waals surface area contributed by atoms with Gasteiger partial charge in [0.1, 0.15) is 0 Å². The molecule has 0 bridgehead atoms. The van der Waals surface area contributed by atoms with E-state index in [1.54, 1.807) is 0 Å². The Kier molecular flexibility index (Phi) is 16.2. The second-order valence-corrected chi connectivity index (χ2v) is 13.8. The highest BCUT2D eigenvalue weighted by atomic mass is 32.2. The van der Waals surface area contributed by atoms with Crippen LogP contribution >= 0.6 is 0 Å². The van der Waals surface area contributed by atoms with Crippen LogP contribution in [-0.4, -0.2) is 0 Å². The Hall–Kier alpha value is -1.99. The Morgan fingerprint density at radius 3 is 0.825 bits per heavy atom. The summed E-state index contributed by atoms with van der Waals surface area (Å²) in [6.45, 7) is 6.88. The van der Waals surface area contributed by atoms with E-state index in [4.69, 9.17) is 0 Å². The predicted molar refractivity (Wildman–Crippen MR) is 179 cm³/mol. The van der Waals surface area contributed by atoms with Gasteiger partial charge in [0.2, 0.25) is 0 Å². The van der Waals surface area contributed by atoms with Gasteiger partial charge in [-0.25, -0.2) is 0 Å². The molecule has 0 aliphatic carbocycles. The molecule has 218 valence electrons. The molecule has 3 aromatic rings. The summed E-state index contributed by atoms with van der Waals surface area (Å²) in [5, 5.41) is 0. The highest BCUT2D eigenvalue weighted by Gasteiger charge is 2.28. The number of rotatable bonds is 21. The van der Waals surface area contributed by atoms with Gasteiger partial charge in [0.25, 0.3) is 0 Å². The van der Waals surface area contributed by atoms with E-state index in [1.807, 2.05) is 0 Å². The minimum atomic E-state index is -0.0695. The van der Waals surface area contributed by atoms with Gasteiger partial charge in [-0.2, -0.15) is 0 Å². The minimum Gasteiger partial charge on any atom is -0.0654 e. The largest absolute Gasteiger partial charge is 0.166 e. The van der Waals surface area contributed by atoms with Gasteiger partial charge in [-0.05, 0) is 91.6 Å². The van der Waals surface area contributed by atoms with E-state index in [0.29, 0.717) is 0 Å². The molecule has 0 aromatic heterocycles. The summed E-state index contributed by atoms with van der Waals surface area (Å²) in [4.78, 5) is 4.32. The van der Waals surface area contributed by atoms with Crippen molar-refractivity contribution in [3.05, 3.63) is 89.5 Å². The average molecular weight is 558 g/mol. The number of unbranched alkanes of at least 4 members (excludes halogenated alkanes) is 12. The monoisotopic (exact) mass is 557 g/mol. The van der Waals surface area contributed by atoms with Crippen molar-refractivity contribution >= 4 is 10.9 Å². The SMILES string of the molecule is CCCCCCCc1ccc([S+](c2ccc(CCCCCCC)cc2)c2ccc(CCCCCCC)cc2)cc1. The van der Waals surface area contributed by atoms with Gasteiger partial charge in [0.15, 0.2) is 14.7 Å². The summed E-state index contributed by atoms with van der Waals surface area (Å²) < 4.78 is 0. The second kappa shape index (κ2) is 20.0. The lowest BCUT2D eigenvalue weighted by Crippen LogP contribution is -2.05. The molecule has 3 aromatic carbocycles. The fourth-order valence-corrected chi connectivity index (χ4v) is 7.62. The summed E-state index contributed by atoms with van der Waals surface area (Å²) in [6.07, 6.45) is 23.8. The van der Waals surface area contributed by atoms with Gasteiger partial charge in [0.05, 0.1) is 10.9 Å². The van der Waals surface area contributed by atoms with E-state index in [-0.39, 0.29) is 10.9 Å². The van der Waals surface area contributed by atoms with Crippen LogP contribution < -0.4 is 0 Å². The maximum Gasteiger partial charge on any atom is 0.166 e. The van der Waals surface area contributed by atoms with Gasteiger partial charge < -0.3 is 0 Å². The highest BCUT2D eigenvalue weighted by Crippen LogP contribution is 2.32. The molecule has 0 aliphatic rings. The summed E-state index contributed by atoms with van der Waals surface area (Å²) in [7, 11) is -0.0695. The summed E-state index contributed by atoms with van der Waals surface area (Å²) in [6, 6.07) is 28.8. The third-order valence-corrected chi connectivity index (χ3v) is 10.4. The summed E-state index contributed by atoms with van der Waals surface area (Å²) in [5.74, 6) is 0. The third-order valence-electron chi connectivity index (χ3n) is 8.18. The van der Waals surface area contributed by atoms with Crippen LogP contribution in [0, 0.1) is 0 Å². The van der Waals surface area contributed by atoms with Crippen LogP contribution in [0.4, 0.5) is 0 Å². The molecular formula is C39H57S+. The van der Waals surface area contributed by atoms with Crippen molar-refractivity contribution in [2.24, 2.45) is 0 Å². The van der Waals surface area contributed by atoms with E-state index in [9.17, 15) is 0 Å². The molecule has 0 aliphatic heterocycles. The van der Waals surface area contributed by atoms with Crippen molar-refractivity contribution < 1.29 is 0 Å². The first-order valence-electron chi connectivity index (χ1n) is 16.8. The lowest BCUT2D eigenvalue weighted by atomic mass is 10.1. The number of benzene rings is 3. The smallest absolute Gasteiger partial charge is 0.0654 e. The fourth-order valence-electron chi connectivity index (χ4n) is 5.58. The molecular weight excluding hydrogens is 500 g/mol. The van der Waals surface area contributed by atoms with Crippen LogP contribution in [0.15, 0.2) is 87.5 Å². The Labute approximate surface area is 250 Å². The van der Waals surface area contributed by atoms with E-state index in [2.05, 4.69) is 93.6 Å². The van der Waals surface area contributed by atoms with Crippen molar-refractivity contribution in [1.29, 1.82) is 0 Å². The van der Waals surface area contributed by atoms with E-state index >= 15 is 0 Å². The van der Waals surface area contributed by atoms with Crippen molar-refractivity contribution in [1.82, 2.24) is 0 Å². The van der Waals surface area contributed by atoms with Gasteiger partial charge in [-0.3, -0.25) is 0 Å². The first-order valence-corrected chi connectivity index (χ1v) is 18.0. The summed E-state index contributed by atoms with van der Waals surface area (Å²) in [5.41, 5.74) is 4.46. The quantitative estimate of drug-likeness (QED) is 0.0902. The standard InChI is InChI=1S/C39H57S/c1-4-7-10-13-16-19-34-22-28-37(29-23-34)40(38-30-24-35(25-31-38)20-17-14-11-8-5-2)39-32-26-36(27-33-39)21-18-15-12-9-6-3/h22-33H,4-21H2,1-3H3/q+1. The highest BCUT2D eigenvalue weighted by molar-refractivity contribution is 7.97. The van der Waals surface area contributed by atoms with Crippen LogP contribution in [-0.2, 0) is 30.2 Å². The number of hydrogen-bond donors (Lipinski definition) is 0. The van der Waals surface area contributed by atoms with E-state index in [0.717, 1.165) is 0 Å². The molecule has 0 fully saturated rings. The Balaban J connectivity index is 1.71. The van der Waals surface area contributed by atoms with Crippen LogP contribution in [0.1, 0.15) is 134 Å². The lowest BCUT2D eigenvalue weighted by molar-refractivity contribution is 0.632. The molecule has 0 unspecified atom stereocenters. The van der Waals surface area contributed by atoms with E-state index < -0.39 is 0 Å². The first-order chi connectivity index (χ1) is 19.7. The maximum atomic E-state index is 2.41. The molecule has 0 N–H and O–H groups in total. The number of hydrogen-bond acceptors (Lipinski definition) is 0. The van der Waals surface area contributed by atoms with Crippen LogP contribution in [0.2, 0.25) is 0 Å². The topological polar surface area (TPSA) is 0 Å². The van der Waals surface area contributed by atoms with Gasteiger partial charge >= 0.3 is 0 Å². The molecule has 0 saturated carbocycles. The molecule has 0 atom stereocenters. The van der Waals surface area contributed by atoms with Crippen LogP contribution in [0.25, 0.3) is 0 Å². The van der Waals surface area contributed by atoms with Crippen molar-refractivity contribution in [2.45, 2.75) is 151 Å². The maximum absolute atomic E-state index is 2.41. The molecule has 0 radical (unpaired) electrons. The minimum absolute atomic E-state index is 0.0695. The second-order valence-electron chi connectivity index (χ2n) is 11.7. The molecule has 40 heavy (non-hydrogen) atoms. The van der Waals surface area contributed by atoms with Gasteiger partial charge in [0, 0.05) is 0 Å². The molecule has 0 amide bonds. The molecule has 3 rings (SSSR count). The molecule has 1 heteroatoms. The van der Waals surface area contributed by atoms with Crippen molar-refractivity contribution in [2.75, 3.05) is 0 Å². The molecule has 0 nitrogen and oxygen atoms in total. The Morgan fingerprint density at radius 1 is 0.325 bits per heavy atom. The van der Waals surface area contributed by atoms with Crippen LogP contribution in [0.5, 0.6) is 0 Å². The molecule has 0 saturated heterocycles. The fraction of sp³-hybridized carbons (Fsp3) is 0.538. The van der Waals surface area contributed by atoms with Gasteiger partial charge in [-0.1, -0.05) is 134 Å². The molecule has 0 heterocycles. The zero-order valence-electron chi connectivity index (χ0n) is 26.1. The Bertz CT molecular complexity index is 879. The van der Waals surface area contributed by atoms with Crippen molar-refractivity contribution in [3.63, 3.8) is 0 Å². The predicted octanol–water partition coefficient (Wildman–Crippen LogP) is 12.3. The summed E-state index contributed by atoms with van der Waals surface area (Å²) >= 11 is 0. The third kappa shape index (κ3) is 11.9. The average Bonchev–Trinajstić information content (AvgIpc) is 2.99. The van der Waals surface area contributed by atoms with Crippen LogP contribution in [0.3, 0.4) is 0 Å². The van der Waals surface area contributed by atoms with E-state index in [1.165, 1.54) is 147 Å². The van der Waals surface area contributed by atoms with Crippen molar-refractivity contribution in [3.8, 4) is 0 Å². The molecule has 0 spiro atoms. The first kappa shape index (κ1) is 32.5. The Morgan fingerprint density at radius 2 is 0.575 bits per heavy atom. The zero-order chi connectivity index (χ0) is 28.3. The zero-order valence-corrected chi connectivity index (χ0v) is 26.9. The normalized spacial score (nSPS) is 11.4.